The van der Waals surface area contributed by atoms with Crippen LogP contribution in [0.3, 0.4) is 0 Å². The van der Waals surface area contributed by atoms with Crippen LogP contribution in [-0.4, -0.2) is 17.0 Å². The number of nitrogens with two attached hydrogens (primary N) is 1. The number of hydrogen-bond donors (Lipinski definition) is 3. The van der Waals surface area contributed by atoms with Gasteiger partial charge in [-0.1, -0.05) is 42.5 Å². The minimum atomic E-state index is -1.08. The van der Waals surface area contributed by atoms with Crippen LogP contribution in [0.4, 0.5) is 0 Å². The van der Waals surface area contributed by atoms with E-state index in [1.54, 1.807) is 29.7 Å². The van der Waals surface area contributed by atoms with Crippen LogP contribution >= 0.6 is 0 Å². The summed E-state index contributed by atoms with van der Waals surface area (Å²) in [5.41, 5.74) is 7.67. The van der Waals surface area contributed by atoms with Crippen LogP contribution in [0.1, 0.15) is 17.5 Å². The topological polar surface area (TPSA) is 102 Å². The zero-order chi connectivity index (χ0) is 17.2. The Labute approximate surface area is 139 Å². The molecule has 1 unspecified atom stereocenters. The van der Waals surface area contributed by atoms with Crippen molar-refractivity contribution in [2.24, 2.45) is 11.7 Å². The molecule has 24 heavy (non-hydrogen) atoms. The standard InChI is InChI=1S/C18H18N2O4/c19-17(22)18(10-15(18)16(21)20-23)13-7-4-8-14(9-13)24-11-12-5-2-1-3-6-12/h1-9,15,23H,10-11H2,(H2,19,22)(H,20,21)/t15?,18-/m1/s1. The summed E-state index contributed by atoms with van der Waals surface area (Å²) >= 11 is 0. The van der Waals surface area contributed by atoms with Gasteiger partial charge >= 0.3 is 0 Å². The van der Waals surface area contributed by atoms with Crippen molar-refractivity contribution in [1.29, 1.82) is 0 Å². The van der Waals surface area contributed by atoms with Crippen molar-refractivity contribution < 1.29 is 19.5 Å². The first-order chi connectivity index (χ1) is 11.6. The molecule has 0 aliphatic heterocycles. The molecule has 0 spiro atoms. The average Bonchev–Trinajstić information content (AvgIpc) is 3.38. The van der Waals surface area contributed by atoms with Gasteiger partial charge in [-0.25, -0.2) is 5.48 Å². The van der Waals surface area contributed by atoms with Gasteiger partial charge in [0.2, 0.25) is 11.8 Å². The van der Waals surface area contributed by atoms with E-state index in [2.05, 4.69) is 0 Å². The normalized spacial score (nSPS) is 21.8. The van der Waals surface area contributed by atoms with E-state index in [-0.39, 0.29) is 6.42 Å². The number of hydroxylamine groups is 1. The van der Waals surface area contributed by atoms with Gasteiger partial charge < -0.3 is 10.5 Å². The predicted octanol–water partition coefficient (Wildman–Crippen LogP) is 1.51. The van der Waals surface area contributed by atoms with Crippen molar-refractivity contribution in [3.8, 4) is 5.75 Å². The Kier molecular flexibility index (Phi) is 4.22. The molecule has 1 aliphatic carbocycles. The van der Waals surface area contributed by atoms with Gasteiger partial charge in [-0.3, -0.25) is 14.8 Å². The SMILES string of the molecule is NC(=O)[C@@]1(c2cccc(OCc3ccccc3)c2)CC1C(=O)NO. The van der Waals surface area contributed by atoms with E-state index in [1.165, 1.54) is 0 Å². The number of rotatable bonds is 6. The van der Waals surface area contributed by atoms with E-state index in [1.807, 2.05) is 30.3 Å². The summed E-state index contributed by atoms with van der Waals surface area (Å²) < 4.78 is 5.76. The highest BCUT2D eigenvalue weighted by atomic mass is 16.5. The third-order valence-electron chi connectivity index (χ3n) is 4.42. The second-order valence-corrected chi connectivity index (χ2v) is 5.87. The molecule has 2 atom stereocenters. The quantitative estimate of drug-likeness (QED) is 0.553. The van der Waals surface area contributed by atoms with Gasteiger partial charge in [-0.15, -0.1) is 0 Å². The molecule has 2 aromatic rings. The van der Waals surface area contributed by atoms with E-state index < -0.39 is 23.1 Å². The molecular weight excluding hydrogens is 308 g/mol. The summed E-state index contributed by atoms with van der Waals surface area (Å²) in [6.07, 6.45) is 0.275. The summed E-state index contributed by atoms with van der Waals surface area (Å²) in [6.45, 7) is 0.397. The van der Waals surface area contributed by atoms with Gasteiger partial charge in [0.1, 0.15) is 12.4 Å². The van der Waals surface area contributed by atoms with Crippen molar-refractivity contribution in [2.75, 3.05) is 0 Å². The molecule has 0 bridgehead atoms. The number of amides is 2. The minimum Gasteiger partial charge on any atom is -0.489 e. The van der Waals surface area contributed by atoms with E-state index in [9.17, 15) is 9.59 Å². The fourth-order valence-electron chi connectivity index (χ4n) is 3.00. The predicted molar refractivity (Wildman–Crippen MR) is 86.1 cm³/mol. The Balaban J connectivity index is 1.80. The van der Waals surface area contributed by atoms with Gasteiger partial charge in [-0.2, -0.15) is 0 Å². The maximum Gasteiger partial charge on any atom is 0.247 e. The lowest BCUT2D eigenvalue weighted by Crippen LogP contribution is -2.35. The molecule has 2 aromatic carbocycles. The number of hydrogen-bond acceptors (Lipinski definition) is 4. The first-order valence-corrected chi connectivity index (χ1v) is 7.59. The highest BCUT2D eigenvalue weighted by Crippen LogP contribution is 2.54. The first kappa shape index (κ1) is 16.0. The third-order valence-corrected chi connectivity index (χ3v) is 4.42. The summed E-state index contributed by atoms with van der Waals surface area (Å²) in [7, 11) is 0. The van der Waals surface area contributed by atoms with E-state index in [0.717, 1.165) is 5.56 Å². The largest absolute Gasteiger partial charge is 0.489 e. The molecule has 4 N–H and O–H groups in total. The third kappa shape index (κ3) is 2.83. The van der Waals surface area contributed by atoms with Crippen LogP contribution in [0, 0.1) is 5.92 Å². The molecular formula is C18H18N2O4. The molecule has 0 aromatic heterocycles. The number of carbonyl (C=O) groups excluding carboxylic acids is 2. The average molecular weight is 326 g/mol. The summed E-state index contributed by atoms with van der Waals surface area (Å²) in [5, 5.41) is 8.79. The number of primary amides is 1. The zero-order valence-corrected chi connectivity index (χ0v) is 12.9. The van der Waals surface area contributed by atoms with E-state index in [0.29, 0.717) is 17.9 Å². The van der Waals surface area contributed by atoms with Gasteiger partial charge in [0.15, 0.2) is 0 Å². The molecule has 2 amide bonds. The van der Waals surface area contributed by atoms with Crippen molar-refractivity contribution in [3.05, 3.63) is 65.7 Å². The fourth-order valence-corrected chi connectivity index (χ4v) is 3.00. The lowest BCUT2D eigenvalue weighted by atomic mass is 9.92. The van der Waals surface area contributed by atoms with Crippen molar-refractivity contribution in [1.82, 2.24) is 5.48 Å². The first-order valence-electron chi connectivity index (χ1n) is 7.59. The lowest BCUT2D eigenvalue weighted by molar-refractivity contribution is -0.132. The summed E-state index contributed by atoms with van der Waals surface area (Å²) in [5.74, 6) is -1.27. The zero-order valence-electron chi connectivity index (χ0n) is 12.9. The molecule has 124 valence electrons. The number of ether oxygens (including phenoxy) is 1. The van der Waals surface area contributed by atoms with Gasteiger partial charge in [0.25, 0.3) is 0 Å². The van der Waals surface area contributed by atoms with E-state index >= 15 is 0 Å². The van der Waals surface area contributed by atoms with Crippen LogP contribution in [0.2, 0.25) is 0 Å². The Hall–Kier alpha value is -2.86. The van der Waals surface area contributed by atoms with Crippen LogP contribution < -0.4 is 16.0 Å². The van der Waals surface area contributed by atoms with Gasteiger partial charge in [0.05, 0.1) is 11.3 Å². The Morgan fingerprint density at radius 3 is 2.62 bits per heavy atom. The second-order valence-electron chi connectivity index (χ2n) is 5.87. The second kappa shape index (κ2) is 6.33. The van der Waals surface area contributed by atoms with Crippen LogP contribution in [0.5, 0.6) is 5.75 Å². The maximum atomic E-state index is 11.9. The van der Waals surface area contributed by atoms with E-state index in [4.69, 9.17) is 15.7 Å². The fraction of sp³-hybridized carbons (Fsp3) is 0.222. The molecule has 6 heteroatoms. The molecule has 0 saturated heterocycles. The highest BCUT2D eigenvalue weighted by molar-refractivity contribution is 5.99. The van der Waals surface area contributed by atoms with Crippen LogP contribution in [0.15, 0.2) is 54.6 Å². The number of nitrogens with one attached hydrogen (secondary N) is 1. The van der Waals surface area contributed by atoms with Crippen molar-refractivity contribution >= 4 is 11.8 Å². The lowest BCUT2D eigenvalue weighted by Gasteiger charge is -2.15. The monoisotopic (exact) mass is 326 g/mol. The minimum absolute atomic E-state index is 0.275. The molecule has 6 nitrogen and oxygen atoms in total. The van der Waals surface area contributed by atoms with Gasteiger partial charge in [0, 0.05) is 0 Å². The molecule has 0 radical (unpaired) electrons. The molecule has 1 fully saturated rings. The number of benzene rings is 2. The van der Waals surface area contributed by atoms with Crippen LogP contribution in [0.25, 0.3) is 0 Å². The molecule has 0 heterocycles. The maximum absolute atomic E-state index is 11.9. The Bertz CT molecular complexity index is 763. The molecule has 3 rings (SSSR count). The molecule has 1 aliphatic rings. The summed E-state index contributed by atoms with van der Waals surface area (Å²) in [4.78, 5) is 23.6. The smallest absolute Gasteiger partial charge is 0.247 e. The molecule has 1 saturated carbocycles. The highest BCUT2D eigenvalue weighted by Gasteiger charge is 2.63. The summed E-state index contributed by atoms with van der Waals surface area (Å²) in [6, 6.07) is 16.7. The Morgan fingerprint density at radius 1 is 1.21 bits per heavy atom. The van der Waals surface area contributed by atoms with Gasteiger partial charge in [-0.05, 0) is 29.7 Å². The van der Waals surface area contributed by atoms with Crippen molar-refractivity contribution in [3.63, 3.8) is 0 Å². The Morgan fingerprint density at radius 2 is 1.96 bits per heavy atom. The van der Waals surface area contributed by atoms with Crippen molar-refractivity contribution in [2.45, 2.75) is 18.4 Å². The van der Waals surface area contributed by atoms with Crippen LogP contribution in [-0.2, 0) is 21.6 Å². The number of carbonyl (C=O) groups is 2.